The fraction of sp³-hybridized carbons (Fsp3) is 0.160. The average molecular weight is 461 g/mol. The highest BCUT2D eigenvalue weighted by atomic mass is 32.1. The van der Waals surface area contributed by atoms with E-state index in [9.17, 15) is 9.59 Å². The van der Waals surface area contributed by atoms with E-state index in [4.69, 9.17) is 4.42 Å². The molecule has 0 spiro atoms. The second-order valence-electron chi connectivity index (χ2n) is 7.60. The molecular formula is C25H24N4O3S. The number of carbonyl (C=O) groups is 2. The molecule has 0 atom stereocenters. The van der Waals surface area contributed by atoms with Gasteiger partial charge in [0.1, 0.15) is 5.76 Å². The molecule has 0 fully saturated rings. The summed E-state index contributed by atoms with van der Waals surface area (Å²) in [5.41, 5.74) is 3.92. The molecule has 2 aromatic heterocycles. The zero-order chi connectivity index (χ0) is 23.2. The Morgan fingerprint density at radius 2 is 1.73 bits per heavy atom. The van der Waals surface area contributed by atoms with Crippen LogP contribution in [0.1, 0.15) is 22.6 Å². The minimum atomic E-state index is -0.329. The van der Waals surface area contributed by atoms with Crippen molar-refractivity contribution in [3.63, 3.8) is 0 Å². The molecule has 8 heteroatoms. The van der Waals surface area contributed by atoms with Crippen LogP contribution in [0.5, 0.6) is 0 Å². The lowest BCUT2D eigenvalue weighted by Gasteiger charge is -2.10. The number of hydrogen-bond donors (Lipinski definition) is 3. The highest BCUT2D eigenvalue weighted by molar-refractivity contribution is 7.13. The van der Waals surface area contributed by atoms with E-state index < -0.39 is 0 Å². The maximum atomic E-state index is 12.5. The van der Waals surface area contributed by atoms with Gasteiger partial charge in [0.25, 0.3) is 0 Å². The molecular weight excluding hydrogens is 436 g/mol. The van der Waals surface area contributed by atoms with Gasteiger partial charge in [-0.05, 0) is 60.7 Å². The van der Waals surface area contributed by atoms with Crippen molar-refractivity contribution in [2.75, 3.05) is 10.6 Å². The van der Waals surface area contributed by atoms with Crippen molar-refractivity contribution in [3.8, 4) is 10.8 Å². The van der Waals surface area contributed by atoms with Crippen molar-refractivity contribution in [1.82, 2.24) is 10.3 Å². The van der Waals surface area contributed by atoms with Gasteiger partial charge < -0.3 is 20.4 Å². The lowest BCUT2D eigenvalue weighted by atomic mass is 10.2. The zero-order valence-electron chi connectivity index (χ0n) is 18.3. The first-order chi connectivity index (χ1) is 16.0. The number of aryl methyl sites for hydroxylation is 2. The lowest BCUT2D eigenvalue weighted by molar-refractivity contribution is -0.120. The number of anilines is 2. The number of urea groups is 1. The normalized spacial score (nSPS) is 10.6. The van der Waals surface area contributed by atoms with Gasteiger partial charge in [-0.3, -0.25) is 4.79 Å². The summed E-state index contributed by atoms with van der Waals surface area (Å²) in [4.78, 5) is 30.1. The van der Waals surface area contributed by atoms with E-state index >= 15 is 0 Å². The lowest BCUT2D eigenvalue weighted by Crippen LogP contribution is -2.25. The molecule has 0 saturated carbocycles. The molecule has 0 aliphatic carbocycles. The maximum absolute atomic E-state index is 12.5. The van der Waals surface area contributed by atoms with Crippen molar-refractivity contribution >= 4 is 34.6 Å². The number of amides is 3. The number of oxazole rings is 1. The summed E-state index contributed by atoms with van der Waals surface area (Å²) in [7, 11) is 0. The van der Waals surface area contributed by atoms with E-state index in [0.29, 0.717) is 29.6 Å². The Bertz CT molecular complexity index is 1260. The second kappa shape index (κ2) is 10.1. The number of benzene rings is 2. The molecule has 4 rings (SSSR count). The number of carbonyl (C=O) groups excluding carboxylic acids is 2. The van der Waals surface area contributed by atoms with Gasteiger partial charge in [0.05, 0.1) is 17.0 Å². The first-order valence-corrected chi connectivity index (χ1v) is 11.3. The van der Waals surface area contributed by atoms with Gasteiger partial charge in [0.15, 0.2) is 0 Å². The van der Waals surface area contributed by atoms with Crippen molar-refractivity contribution in [3.05, 3.63) is 88.6 Å². The summed E-state index contributed by atoms with van der Waals surface area (Å²) in [6.07, 6.45) is 0.136. The summed E-state index contributed by atoms with van der Waals surface area (Å²) in [6.45, 7) is 4.11. The quantitative estimate of drug-likeness (QED) is 0.338. The SMILES string of the molecule is Cc1cccc(NC(=O)Nc2cccc(CNC(=O)Cc3nc(-c4cccs4)oc3C)c2)c1. The molecule has 0 unspecified atom stereocenters. The Kier molecular flexibility index (Phi) is 6.85. The van der Waals surface area contributed by atoms with E-state index in [1.807, 2.05) is 73.8 Å². The summed E-state index contributed by atoms with van der Waals surface area (Å²) in [6, 6.07) is 18.5. The van der Waals surface area contributed by atoms with Gasteiger partial charge in [-0.25, -0.2) is 9.78 Å². The first kappa shape index (κ1) is 22.3. The Balaban J connectivity index is 1.30. The third kappa shape index (κ3) is 6.08. The predicted molar refractivity (Wildman–Crippen MR) is 130 cm³/mol. The number of thiophene rings is 1. The van der Waals surface area contributed by atoms with Crippen molar-refractivity contribution in [2.24, 2.45) is 0 Å². The molecule has 7 nitrogen and oxygen atoms in total. The third-order valence-electron chi connectivity index (χ3n) is 4.90. The van der Waals surface area contributed by atoms with Crippen LogP contribution in [0.4, 0.5) is 16.2 Å². The van der Waals surface area contributed by atoms with E-state index in [2.05, 4.69) is 20.9 Å². The molecule has 2 heterocycles. The average Bonchev–Trinajstić information content (AvgIpc) is 3.43. The van der Waals surface area contributed by atoms with Gasteiger partial charge in [-0.15, -0.1) is 11.3 Å². The maximum Gasteiger partial charge on any atom is 0.323 e. The van der Waals surface area contributed by atoms with Crippen LogP contribution in [0, 0.1) is 13.8 Å². The van der Waals surface area contributed by atoms with Crippen LogP contribution in [0.2, 0.25) is 0 Å². The number of hydrogen-bond acceptors (Lipinski definition) is 5. The standard InChI is InChI=1S/C25H24N4O3S/c1-16-6-3-8-19(12-16)27-25(31)28-20-9-4-7-18(13-20)15-26-23(30)14-21-17(2)32-24(29-21)22-10-5-11-33-22/h3-13H,14-15H2,1-2H3,(H,26,30)(H2,27,28,31). The van der Waals surface area contributed by atoms with Gasteiger partial charge in [0, 0.05) is 17.9 Å². The van der Waals surface area contributed by atoms with Crippen LogP contribution in [0.25, 0.3) is 10.8 Å². The van der Waals surface area contributed by atoms with Crippen molar-refractivity contribution in [1.29, 1.82) is 0 Å². The van der Waals surface area contributed by atoms with Crippen LogP contribution < -0.4 is 16.0 Å². The van der Waals surface area contributed by atoms with Crippen molar-refractivity contribution in [2.45, 2.75) is 26.8 Å². The highest BCUT2D eigenvalue weighted by Gasteiger charge is 2.15. The predicted octanol–water partition coefficient (Wildman–Crippen LogP) is 5.52. The molecule has 0 saturated heterocycles. The number of nitrogens with one attached hydrogen (secondary N) is 3. The number of aromatic nitrogens is 1. The largest absolute Gasteiger partial charge is 0.440 e. The van der Waals surface area contributed by atoms with Gasteiger partial charge >= 0.3 is 6.03 Å². The summed E-state index contributed by atoms with van der Waals surface area (Å²) in [5, 5.41) is 10.5. The molecule has 0 aliphatic heterocycles. The Labute approximate surface area is 195 Å². The summed E-state index contributed by atoms with van der Waals surface area (Å²) in [5.74, 6) is 1.02. The van der Waals surface area contributed by atoms with Crippen LogP contribution in [-0.2, 0) is 17.8 Å². The molecule has 3 N–H and O–H groups in total. The van der Waals surface area contributed by atoms with E-state index in [1.54, 1.807) is 6.07 Å². The van der Waals surface area contributed by atoms with Crippen LogP contribution in [0.15, 0.2) is 70.5 Å². The zero-order valence-corrected chi connectivity index (χ0v) is 19.2. The molecule has 0 bridgehead atoms. The number of nitrogens with zero attached hydrogens (tertiary/aromatic N) is 1. The van der Waals surface area contributed by atoms with Crippen LogP contribution in [-0.4, -0.2) is 16.9 Å². The summed E-state index contributed by atoms with van der Waals surface area (Å²) >= 11 is 1.54. The minimum Gasteiger partial charge on any atom is -0.440 e. The Hall–Kier alpha value is -3.91. The molecule has 0 radical (unpaired) electrons. The van der Waals surface area contributed by atoms with Gasteiger partial charge in [-0.1, -0.05) is 30.3 Å². The van der Waals surface area contributed by atoms with Gasteiger partial charge in [0.2, 0.25) is 11.8 Å². The van der Waals surface area contributed by atoms with Crippen molar-refractivity contribution < 1.29 is 14.0 Å². The monoisotopic (exact) mass is 460 g/mol. The number of rotatable bonds is 7. The third-order valence-corrected chi connectivity index (χ3v) is 5.76. The molecule has 2 aromatic carbocycles. The van der Waals surface area contributed by atoms with E-state index in [1.165, 1.54) is 11.3 Å². The van der Waals surface area contributed by atoms with E-state index in [0.717, 1.165) is 21.7 Å². The van der Waals surface area contributed by atoms with Crippen LogP contribution in [0.3, 0.4) is 0 Å². The Morgan fingerprint density at radius 3 is 2.45 bits per heavy atom. The molecule has 3 amide bonds. The van der Waals surface area contributed by atoms with Crippen LogP contribution >= 0.6 is 11.3 Å². The fourth-order valence-electron chi connectivity index (χ4n) is 3.29. The fourth-order valence-corrected chi connectivity index (χ4v) is 3.94. The Morgan fingerprint density at radius 1 is 0.970 bits per heavy atom. The van der Waals surface area contributed by atoms with Gasteiger partial charge in [-0.2, -0.15) is 0 Å². The molecule has 4 aromatic rings. The molecule has 0 aliphatic rings. The van der Waals surface area contributed by atoms with E-state index in [-0.39, 0.29) is 18.4 Å². The smallest absolute Gasteiger partial charge is 0.323 e. The summed E-state index contributed by atoms with van der Waals surface area (Å²) < 4.78 is 5.70. The first-order valence-electron chi connectivity index (χ1n) is 10.5. The topological polar surface area (TPSA) is 96.3 Å². The molecule has 33 heavy (non-hydrogen) atoms. The molecule has 168 valence electrons. The minimum absolute atomic E-state index is 0.136. The highest BCUT2D eigenvalue weighted by Crippen LogP contribution is 2.26. The second-order valence-corrected chi connectivity index (χ2v) is 8.55.